The van der Waals surface area contributed by atoms with Crippen LogP contribution in [-0.4, -0.2) is 32.6 Å². The lowest BCUT2D eigenvalue weighted by atomic mass is 10.1. The number of rotatable bonds is 5. The van der Waals surface area contributed by atoms with Crippen molar-refractivity contribution in [2.45, 2.75) is 6.92 Å². The number of hydrogen-bond acceptors (Lipinski definition) is 5. The number of methoxy groups -OCH3 is 2. The number of Topliss-reactive ketones (excluding diaryl/α,β-unsaturated/α-hetero) is 1. The molecule has 0 aliphatic heterocycles. The van der Waals surface area contributed by atoms with E-state index in [1.165, 1.54) is 14.2 Å². The first-order valence-corrected chi connectivity index (χ1v) is 5.67. The van der Waals surface area contributed by atoms with E-state index in [1.807, 2.05) is 0 Å². The van der Waals surface area contributed by atoms with Crippen molar-refractivity contribution in [3.05, 3.63) is 22.5 Å². The maximum Gasteiger partial charge on any atom is 0.379 e. The highest BCUT2D eigenvalue weighted by molar-refractivity contribution is 6.42. The molecule has 1 aromatic carbocycles. The summed E-state index contributed by atoms with van der Waals surface area (Å²) in [5.41, 5.74) is -0.218. The topological polar surface area (TPSA) is 61.8 Å². The molecule has 1 rings (SSSR count). The molecule has 0 radical (unpaired) electrons. The number of carbonyl (C=O) groups excluding carboxylic acids is 2. The van der Waals surface area contributed by atoms with Crippen molar-refractivity contribution < 1.29 is 28.2 Å². The summed E-state index contributed by atoms with van der Waals surface area (Å²) in [7, 11) is 2.41. The van der Waals surface area contributed by atoms with E-state index in [2.05, 4.69) is 4.74 Å². The fourth-order valence-corrected chi connectivity index (χ4v) is 1.64. The third-order valence-corrected chi connectivity index (χ3v) is 2.52. The Morgan fingerprint density at radius 1 is 1.26 bits per heavy atom. The van der Waals surface area contributed by atoms with Gasteiger partial charge in [0.2, 0.25) is 0 Å². The molecule has 0 amide bonds. The first-order chi connectivity index (χ1) is 8.97. The minimum absolute atomic E-state index is 0.0406. The fraction of sp³-hybridized carbons (Fsp3) is 0.333. The van der Waals surface area contributed by atoms with Gasteiger partial charge in [-0.25, -0.2) is 9.18 Å². The molecule has 104 valence electrons. The van der Waals surface area contributed by atoms with Gasteiger partial charge in [-0.2, -0.15) is 0 Å². The molecule has 0 spiro atoms. The van der Waals surface area contributed by atoms with E-state index in [0.29, 0.717) is 0 Å². The lowest BCUT2D eigenvalue weighted by molar-refractivity contribution is -0.137. The summed E-state index contributed by atoms with van der Waals surface area (Å²) in [4.78, 5) is 23.3. The molecule has 0 aliphatic rings. The van der Waals surface area contributed by atoms with Crippen molar-refractivity contribution in [1.82, 2.24) is 0 Å². The van der Waals surface area contributed by atoms with Crippen molar-refractivity contribution in [3.8, 4) is 11.5 Å². The van der Waals surface area contributed by atoms with E-state index in [-0.39, 0.29) is 28.7 Å². The van der Waals surface area contributed by atoms with Gasteiger partial charge in [-0.05, 0) is 13.0 Å². The molecule has 0 N–H and O–H groups in total. The highest BCUT2D eigenvalue weighted by atomic mass is 35.5. The van der Waals surface area contributed by atoms with Gasteiger partial charge < -0.3 is 14.2 Å². The van der Waals surface area contributed by atoms with Crippen LogP contribution in [0.2, 0.25) is 5.02 Å². The predicted molar refractivity (Wildman–Crippen MR) is 65.5 cm³/mol. The Bertz CT molecular complexity index is 515. The lowest BCUT2D eigenvalue weighted by Gasteiger charge is -2.13. The maximum atomic E-state index is 13.7. The second kappa shape index (κ2) is 6.38. The lowest BCUT2D eigenvalue weighted by Crippen LogP contribution is -2.19. The molecular weight excluding hydrogens is 279 g/mol. The van der Waals surface area contributed by atoms with Crippen LogP contribution in [0.1, 0.15) is 17.3 Å². The predicted octanol–water partition coefficient (Wildman–Crippen LogP) is 2.24. The molecule has 0 aromatic heterocycles. The van der Waals surface area contributed by atoms with Gasteiger partial charge in [-0.1, -0.05) is 11.6 Å². The molecule has 0 aliphatic carbocycles. The van der Waals surface area contributed by atoms with Crippen LogP contribution in [-0.2, 0) is 9.53 Å². The quantitative estimate of drug-likeness (QED) is 0.473. The van der Waals surface area contributed by atoms with Crippen LogP contribution in [0.25, 0.3) is 0 Å². The summed E-state index contributed by atoms with van der Waals surface area (Å²) in [6, 6.07) is 0.998. The Kier molecular flexibility index (Phi) is 5.11. The second-order valence-corrected chi connectivity index (χ2v) is 3.74. The van der Waals surface area contributed by atoms with Gasteiger partial charge in [0.05, 0.1) is 31.4 Å². The zero-order valence-electron chi connectivity index (χ0n) is 10.6. The first-order valence-electron chi connectivity index (χ1n) is 5.29. The van der Waals surface area contributed by atoms with Crippen LogP contribution in [0.4, 0.5) is 4.39 Å². The third-order valence-electron chi connectivity index (χ3n) is 2.24. The molecule has 0 heterocycles. The first kappa shape index (κ1) is 15.2. The number of benzene rings is 1. The van der Waals surface area contributed by atoms with Crippen molar-refractivity contribution in [1.29, 1.82) is 0 Å². The fourth-order valence-electron chi connectivity index (χ4n) is 1.45. The van der Waals surface area contributed by atoms with Gasteiger partial charge in [-0.3, -0.25) is 4.79 Å². The van der Waals surface area contributed by atoms with E-state index >= 15 is 0 Å². The molecule has 0 atom stereocenters. The molecule has 0 fully saturated rings. The Hall–Kier alpha value is -1.82. The minimum atomic E-state index is -1.08. The van der Waals surface area contributed by atoms with Gasteiger partial charge >= 0.3 is 5.97 Å². The van der Waals surface area contributed by atoms with Crippen LogP contribution >= 0.6 is 11.6 Å². The van der Waals surface area contributed by atoms with E-state index in [9.17, 15) is 14.0 Å². The number of esters is 1. The molecular formula is C12H12ClFO5. The zero-order valence-corrected chi connectivity index (χ0v) is 11.3. The van der Waals surface area contributed by atoms with Crippen LogP contribution in [0.3, 0.4) is 0 Å². The van der Waals surface area contributed by atoms with E-state index in [0.717, 1.165) is 6.07 Å². The van der Waals surface area contributed by atoms with E-state index in [4.69, 9.17) is 21.1 Å². The summed E-state index contributed by atoms with van der Waals surface area (Å²) in [5, 5.41) is -0.356. The van der Waals surface area contributed by atoms with Crippen LogP contribution in [0.5, 0.6) is 11.5 Å². The van der Waals surface area contributed by atoms with Crippen molar-refractivity contribution in [2.24, 2.45) is 0 Å². The summed E-state index contributed by atoms with van der Waals surface area (Å²) in [5.74, 6) is -3.49. The second-order valence-electron chi connectivity index (χ2n) is 3.34. The normalized spacial score (nSPS) is 9.95. The average Bonchev–Trinajstić information content (AvgIpc) is 2.40. The number of ketones is 1. The van der Waals surface area contributed by atoms with Crippen molar-refractivity contribution in [3.63, 3.8) is 0 Å². The third kappa shape index (κ3) is 2.96. The largest absolute Gasteiger partial charge is 0.492 e. The Balaban J connectivity index is 3.39. The molecule has 0 saturated carbocycles. The maximum absolute atomic E-state index is 13.7. The van der Waals surface area contributed by atoms with Gasteiger partial charge in [0, 0.05) is 0 Å². The van der Waals surface area contributed by atoms with Gasteiger partial charge in [0.25, 0.3) is 5.78 Å². The van der Waals surface area contributed by atoms with Gasteiger partial charge in [0.15, 0.2) is 17.3 Å². The Labute approximate surface area is 114 Å². The molecule has 0 bridgehead atoms. The smallest absolute Gasteiger partial charge is 0.379 e. The van der Waals surface area contributed by atoms with Crippen LogP contribution < -0.4 is 9.47 Å². The summed E-state index contributed by atoms with van der Waals surface area (Å²) in [6.07, 6.45) is 0. The van der Waals surface area contributed by atoms with E-state index < -0.39 is 17.6 Å². The molecule has 0 unspecified atom stereocenters. The number of hydrogen-bond donors (Lipinski definition) is 0. The monoisotopic (exact) mass is 290 g/mol. The summed E-state index contributed by atoms with van der Waals surface area (Å²) < 4.78 is 27.9. The standard InChI is InChI=1S/C12H12ClFO5/c1-4-19-12(16)9(15)6-5-7(13)8(14)11(18-3)10(6)17-2/h5H,4H2,1-3H3. The highest BCUT2D eigenvalue weighted by Gasteiger charge is 2.27. The summed E-state index contributed by atoms with van der Waals surface area (Å²) in [6.45, 7) is 1.60. The number of ether oxygens (including phenoxy) is 3. The Morgan fingerprint density at radius 2 is 1.84 bits per heavy atom. The van der Waals surface area contributed by atoms with E-state index in [1.54, 1.807) is 6.92 Å². The SMILES string of the molecule is CCOC(=O)C(=O)c1cc(Cl)c(F)c(OC)c1OC. The van der Waals surface area contributed by atoms with Crippen LogP contribution in [0, 0.1) is 5.82 Å². The van der Waals surface area contributed by atoms with Crippen molar-refractivity contribution >= 4 is 23.4 Å². The summed E-state index contributed by atoms with van der Waals surface area (Å²) >= 11 is 5.64. The zero-order chi connectivity index (χ0) is 14.6. The molecule has 7 heteroatoms. The average molecular weight is 291 g/mol. The molecule has 1 aromatic rings. The molecule has 5 nitrogen and oxygen atoms in total. The van der Waals surface area contributed by atoms with Crippen molar-refractivity contribution in [2.75, 3.05) is 20.8 Å². The minimum Gasteiger partial charge on any atom is -0.492 e. The van der Waals surface area contributed by atoms with Crippen LogP contribution in [0.15, 0.2) is 6.07 Å². The highest BCUT2D eigenvalue weighted by Crippen LogP contribution is 2.38. The van der Waals surface area contributed by atoms with Gasteiger partial charge in [-0.15, -0.1) is 0 Å². The molecule has 0 saturated heterocycles. The molecule has 19 heavy (non-hydrogen) atoms. The number of carbonyl (C=O) groups is 2. The van der Waals surface area contributed by atoms with Gasteiger partial charge in [0.1, 0.15) is 0 Å². The number of halogens is 2. The Morgan fingerprint density at radius 3 is 2.32 bits per heavy atom.